The number of alkyl halides is 6. The summed E-state index contributed by atoms with van der Waals surface area (Å²) < 4.78 is 86.0. The van der Waals surface area contributed by atoms with Gasteiger partial charge in [0.1, 0.15) is 17.1 Å². The maximum atomic E-state index is 13.4. The molecule has 3 fully saturated rings. The minimum absolute atomic E-state index is 0.0444. The molecule has 5 atom stereocenters. The van der Waals surface area contributed by atoms with Crippen LogP contribution in [-0.2, 0) is 18.9 Å². The zero-order chi connectivity index (χ0) is 33.0. The Morgan fingerprint density at radius 2 is 1.67 bits per heavy atom. The maximum absolute atomic E-state index is 13.4. The molecule has 3 saturated heterocycles. The zero-order valence-electron chi connectivity index (χ0n) is 25.1. The Bertz CT molecular complexity index is 1800. The highest BCUT2D eigenvalue weighted by atomic mass is 19.4. The molecule has 7 rings (SSSR count). The van der Waals surface area contributed by atoms with Crippen molar-refractivity contribution in [1.82, 2.24) is 9.88 Å². The number of nitrogens with one attached hydrogen (secondary N) is 2. The van der Waals surface area contributed by atoms with Gasteiger partial charge in [-0.2, -0.15) is 26.3 Å². The third-order valence-corrected chi connectivity index (χ3v) is 9.49. The topological polar surface area (TPSA) is 83.6 Å². The van der Waals surface area contributed by atoms with Gasteiger partial charge in [0.25, 0.3) is 10.9 Å². The van der Waals surface area contributed by atoms with Gasteiger partial charge >= 0.3 is 12.4 Å². The number of methoxy groups -OCH3 is 1. The van der Waals surface area contributed by atoms with E-state index in [2.05, 4.69) is 27.4 Å². The number of aromatic nitrogens is 1. The Hall–Kier alpha value is -4.13. The molecule has 244 valence electrons. The van der Waals surface area contributed by atoms with Gasteiger partial charge < -0.3 is 15.4 Å². The van der Waals surface area contributed by atoms with E-state index in [4.69, 9.17) is 4.74 Å². The molecule has 0 spiro atoms. The molecule has 0 saturated carbocycles. The maximum Gasteiger partial charge on any atom is 0.416 e. The lowest BCUT2D eigenvalue weighted by Gasteiger charge is -2.52. The van der Waals surface area contributed by atoms with Crippen LogP contribution >= 0.6 is 0 Å². The van der Waals surface area contributed by atoms with Crippen LogP contribution < -0.4 is 26.2 Å². The summed E-state index contributed by atoms with van der Waals surface area (Å²) in [7, 11) is 1.55. The SMILES string of the molecule is CCC1CN2CCC1C[C@H]2[C@H](Nc1c(NCc2cc(C(F)(F)F)cc(C(F)(F)F)c2)c(=O)c1=O)c1ccnc2ccc(OC)cc12. The quantitative estimate of drug-likeness (QED) is 0.154. The van der Waals surface area contributed by atoms with E-state index >= 15 is 0 Å². The molecule has 13 heteroatoms. The first-order chi connectivity index (χ1) is 21.8. The second kappa shape index (κ2) is 11.9. The highest BCUT2D eigenvalue weighted by molar-refractivity contribution is 5.85. The molecule has 0 amide bonds. The Kier molecular flexibility index (Phi) is 8.24. The highest BCUT2D eigenvalue weighted by Gasteiger charge is 2.44. The van der Waals surface area contributed by atoms with Crippen LogP contribution in [0, 0.1) is 11.8 Å². The average molecular weight is 647 g/mol. The summed E-state index contributed by atoms with van der Waals surface area (Å²) in [5.41, 5.74) is -3.70. The molecule has 3 aliphatic rings. The molecule has 3 unspecified atom stereocenters. The van der Waals surface area contributed by atoms with Crippen molar-refractivity contribution in [2.45, 2.75) is 57.2 Å². The fourth-order valence-electron chi connectivity index (χ4n) is 7.08. The number of piperidine rings is 3. The number of fused-ring (bicyclic) bond motifs is 4. The largest absolute Gasteiger partial charge is 0.497 e. The predicted octanol–water partition coefficient (Wildman–Crippen LogP) is 6.76. The molecule has 0 radical (unpaired) electrons. The number of nitrogens with zero attached hydrogens (tertiary/aromatic N) is 2. The fourth-order valence-corrected chi connectivity index (χ4v) is 7.08. The number of ether oxygens (including phenoxy) is 1. The van der Waals surface area contributed by atoms with Crippen LogP contribution in [0.15, 0.2) is 58.3 Å². The first-order valence-electron chi connectivity index (χ1n) is 15.1. The fraction of sp³-hybridized carbons (Fsp3) is 0.424. The number of anilines is 2. The molecular weight excluding hydrogens is 614 g/mol. The standard InChI is InChI=1S/C33H32F6N4O3/c1-3-18-16-43-9-7-19(18)12-26(43)27(23-6-8-40-25-5-4-22(46-2)14-24(23)25)42-29-28(30(44)31(29)45)41-15-17-10-20(32(34,35)36)13-21(11-17)33(37,38)39/h4-6,8,10-11,13-14,18-19,26-27,41-42H,3,7,9,12,15-16H2,1-2H3/t18?,19?,26-,27+/m0/s1. The van der Waals surface area contributed by atoms with Crippen LogP contribution in [0.1, 0.15) is 54.5 Å². The molecule has 2 N–H and O–H groups in total. The normalized spacial score (nSPS) is 22.3. The third-order valence-electron chi connectivity index (χ3n) is 9.49. The monoisotopic (exact) mass is 646 g/mol. The molecule has 7 nitrogen and oxygen atoms in total. The molecule has 4 heterocycles. The van der Waals surface area contributed by atoms with Crippen LogP contribution in [0.2, 0.25) is 0 Å². The predicted molar refractivity (Wildman–Crippen MR) is 162 cm³/mol. The van der Waals surface area contributed by atoms with Crippen molar-refractivity contribution in [2.75, 3.05) is 30.8 Å². The van der Waals surface area contributed by atoms with E-state index in [1.807, 2.05) is 18.2 Å². The Morgan fingerprint density at radius 3 is 2.28 bits per heavy atom. The summed E-state index contributed by atoms with van der Waals surface area (Å²) in [6.45, 7) is 3.38. The van der Waals surface area contributed by atoms with Crippen LogP contribution in [0.25, 0.3) is 10.9 Å². The summed E-state index contributed by atoms with van der Waals surface area (Å²) >= 11 is 0. The minimum Gasteiger partial charge on any atom is -0.497 e. The van der Waals surface area contributed by atoms with E-state index in [9.17, 15) is 35.9 Å². The minimum atomic E-state index is -5.01. The summed E-state index contributed by atoms with van der Waals surface area (Å²) in [5.74, 6) is 1.62. The lowest BCUT2D eigenvalue weighted by molar-refractivity contribution is -0.143. The van der Waals surface area contributed by atoms with Gasteiger partial charge in [-0.05, 0) is 84.8 Å². The van der Waals surface area contributed by atoms with Crippen molar-refractivity contribution in [2.24, 2.45) is 11.8 Å². The smallest absolute Gasteiger partial charge is 0.416 e. The molecule has 1 aromatic heterocycles. The van der Waals surface area contributed by atoms with Crippen molar-refractivity contribution in [3.05, 3.63) is 91.4 Å². The third kappa shape index (κ3) is 5.92. The van der Waals surface area contributed by atoms with Crippen molar-refractivity contribution in [1.29, 1.82) is 0 Å². The molecule has 3 aromatic carbocycles. The van der Waals surface area contributed by atoms with Gasteiger partial charge in [0.2, 0.25) is 0 Å². The van der Waals surface area contributed by atoms with E-state index in [-0.39, 0.29) is 29.0 Å². The number of halogens is 6. The van der Waals surface area contributed by atoms with Gasteiger partial charge in [0, 0.05) is 30.7 Å². The second-order valence-electron chi connectivity index (χ2n) is 12.1. The van der Waals surface area contributed by atoms with Gasteiger partial charge in [-0.1, -0.05) is 13.3 Å². The highest BCUT2D eigenvalue weighted by Crippen LogP contribution is 2.44. The molecule has 2 bridgehead atoms. The average Bonchev–Trinajstić information content (AvgIpc) is 3.04. The van der Waals surface area contributed by atoms with E-state index in [1.54, 1.807) is 19.4 Å². The second-order valence-corrected chi connectivity index (χ2v) is 12.1. The number of pyridine rings is 1. The van der Waals surface area contributed by atoms with E-state index in [0.717, 1.165) is 43.3 Å². The van der Waals surface area contributed by atoms with Gasteiger partial charge in [-0.25, -0.2) is 0 Å². The molecule has 3 aliphatic heterocycles. The van der Waals surface area contributed by atoms with Crippen LogP contribution in [0.3, 0.4) is 0 Å². The molecule has 46 heavy (non-hydrogen) atoms. The lowest BCUT2D eigenvalue weighted by atomic mass is 9.72. The lowest BCUT2D eigenvalue weighted by Crippen LogP contribution is -2.56. The summed E-state index contributed by atoms with van der Waals surface area (Å²) in [6, 6.07) is 7.99. The molecular formula is C33H32F6N4O3. The Morgan fingerprint density at radius 1 is 0.978 bits per heavy atom. The van der Waals surface area contributed by atoms with E-state index in [1.165, 1.54) is 0 Å². The first kappa shape index (κ1) is 31.8. The van der Waals surface area contributed by atoms with Crippen molar-refractivity contribution < 1.29 is 31.1 Å². The number of rotatable bonds is 9. The van der Waals surface area contributed by atoms with Gasteiger partial charge in [-0.15, -0.1) is 0 Å². The number of benzene rings is 2. The van der Waals surface area contributed by atoms with Crippen molar-refractivity contribution in [3.8, 4) is 5.75 Å². The van der Waals surface area contributed by atoms with E-state index < -0.39 is 46.9 Å². The van der Waals surface area contributed by atoms with Crippen molar-refractivity contribution in [3.63, 3.8) is 0 Å². The zero-order valence-corrected chi connectivity index (χ0v) is 25.1. The number of hydrogen-bond donors (Lipinski definition) is 2. The Balaban J connectivity index is 1.36. The van der Waals surface area contributed by atoms with Crippen molar-refractivity contribution >= 4 is 22.3 Å². The Labute approximate surface area is 260 Å². The first-order valence-corrected chi connectivity index (χ1v) is 15.1. The summed E-state index contributed by atoms with van der Waals surface area (Å²) in [4.78, 5) is 32.6. The summed E-state index contributed by atoms with van der Waals surface area (Å²) in [6.07, 6.45) is -5.43. The van der Waals surface area contributed by atoms with Gasteiger partial charge in [0.15, 0.2) is 0 Å². The van der Waals surface area contributed by atoms with E-state index in [0.29, 0.717) is 35.2 Å². The van der Waals surface area contributed by atoms with Gasteiger partial charge in [0.05, 0.1) is 29.8 Å². The summed E-state index contributed by atoms with van der Waals surface area (Å²) in [5, 5.41) is 6.74. The van der Waals surface area contributed by atoms with Gasteiger partial charge in [-0.3, -0.25) is 19.5 Å². The number of hydrogen-bond acceptors (Lipinski definition) is 7. The van der Waals surface area contributed by atoms with Crippen LogP contribution in [-0.4, -0.2) is 36.1 Å². The van der Waals surface area contributed by atoms with Crippen LogP contribution in [0.4, 0.5) is 37.7 Å². The molecule has 0 aliphatic carbocycles. The van der Waals surface area contributed by atoms with Crippen LogP contribution in [0.5, 0.6) is 5.75 Å². The molecule has 4 aromatic rings.